The molecule has 116 valence electrons. The average Bonchev–Trinajstić information content (AvgIpc) is 2.86. The van der Waals surface area contributed by atoms with E-state index in [1.165, 1.54) is 0 Å². The first-order valence-corrected chi connectivity index (χ1v) is 8.09. The molecular formula is C13H19N3O4S. The molecule has 1 aromatic heterocycles. The fraction of sp³-hybridized carbons (Fsp3) is 0.692. The molecule has 0 bridgehead atoms. The molecule has 21 heavy (non-hydrogen) atoms. The Bertz CT molecular complexity index is 497. The van der Waals surface area contributed by atoms with Crippen molar-refractivity contribution in [3.63, 3.8) is 0 Å². The average molecular weight is 313 g/mol. The van der Waals surface area contributed by atoms with Crippen molar-refractivity contribution < 1.29 is 19.2 Å². The summed E-state index contributed by atoms with van der Waals surface area (Å²) in [6.07, 6.45) is 3.58. The van der Waals surface area contributed by atoms with E-state index in [0.29, 0.717) is 11.7 Å². The molecule has 1 fully saturated rings. The molecule has 0 spiro atoms. The van der Waals surface area contributed by atoms with Crippen LogP contribution < -0.4 is 5.32 Å². The van der Waals surface area contributed by atoms with Gasteiger partial charge in [-0.25, -0.2) is 0 Å². The van der Waals surface area contributed by atoms with E-state index in [4.69, 9.17) is 9.63 Å². The SMILES string of the molecule is Cc1noc(C2CCC(NC(=O)CSCC(=O)O)CC2)n1. The quantitative estimate of drug-likeness (QED) is 0.816. The molecule has 0 radical (unpaired) electrons. The van der Waals surface area contributed by atoms with E-state index < -0.39 is 5.97 Å². The molecule has 0 aliphatic heterocycles. The highest BCUT2D eigenvalue weighted by Gasteiger charge is 2.26. The topological polar surface area (TPSA) is 105 Å². The number of aromatic nitrogens is 2. The molecular weight excluding hydrogens is 294 g/mol. The van der Waals surface area contributed by atoms with Gasteiger partial charge in [-0.05, 0) is 32.6 Å². The summed E-state index contributed by atoms with van der Waals surface area (Å²) in [4.78, 5) is 26.3. The molecule has 1 aliphatic rings. The minimum atomic E-state index is -0.900. The highest BCUT2D eigenvalue weighted by atomic mass is 32.2. The number of nitrogens with zero attached hydrogens (tertiary/aromatic N) is 2. The first-order chi connectivity index (χ1) is 10.0. The van der Waals surface area contributed by atoms with Crippen molar-refractivity contribution in [3.05, 3.63) is 11.7 Å². The minimum Gasteiger partial charge on any atom is -0.481 e. The molecule has 1 saturated carbocycles. The molecule has 0 atom stereocenters. The van der Waals surface area contributed by atoms with Crippen LogP contribution in [0.4, 0.5) is 0 Å². The summed E-state index contributed by atoms with van der Waals surface area (Å²) in [6.45, 7) is 1.80. The van der Waals surface area contributed by atoms with Crippen molar-refractivity contribution in [1.29, 1.82) is 0 Å². The van der Waals surface area contributed by atoms with Gasteiger partial charge in [-0.1, -0.05) is 5.16 Å². The molecule has 0 saturated heterocycles. The summed E-state index contributed by atoms with van der Waals surface area (Å²) in [6, 6.07) is 0.156. The fourth-order valence-corrected chi connectivity index (χ4v) is 3.01. The van der Waals surface area contributed by atoms with Gasteiger partial charge >= 0.3 is 5.97 Å². The van der Waals surface area contributed by atoms with Crippen molar-refractivity contribution in [2.24, 2.45) is 0 Å². The van der Waals surface area contributed by atoms with Crippen LogP contribution in [0.5, 0.6) is 0 Å². The molecule has 1 aromatic rings. The van der Waals surface area contributed by atoms with Gasteiger partial charge in [0, 0.05) is 12.0 Å². The number of thioether (sulfide) groups is 1. The molecule has 2 N–H and O–H groups in total. The van der Waals surface area contributed by atoms with Crippen LogP contribution in [-0.2, 0) is 9.59 Å². The zero-order chi connectivity index (χ0) is 15.2. The first-order valence-electron chi connectivity index (χ1n) is 6.93. The number of carbonyl (C=O) groups excluding carboxylic acids is 1. The third-order valence-electron chi connectivity index (χ3n) is 3.44. The van der Waals surface area contributed by atoms with Crippen molar-refractivity contribution >= 4 is 23.6 Å². The summed E-state index contributed by atoms with van der Waals surface area (Å²) < 4.78 is 5.19. The molecule has 1 heterocycles. The maximum Gasteiger partial charge on any atom is 0.313 e. The number of aliphatic carboxylic acids is 1. The molecule has 2 rings (SSSR count). The Labute approximate surface area is 126 Å². The van der Waals surface area contributed by atoms with Gasteiger partial charge in [0.15, 0.2) is 5.82 Å². The second-order valence-electron chi connectivity index (χ2n) is 5.18. The van der Waals surface area contributed by atoms with Crippen LogP contribution in [0.25, 0.3) is 0 Å². The van der Waals surface area contributed by atoms with Crippen molar-refractivity contribution in [2.45, 2.75) is 44.6 Å². The van der Waals surface area contributed by atoms with Crippen LogP contribution >= 0.6 is 11.8 Å². The molecule has 1 aliphatic carbocycles. The number of hydrogen-bond acceptors (Lipinski definition) is 6. The largest absolute Gasteiger partial charge is 0.481 e. The van der Waals surface area contributed by atoms with Crippen LogP contribution in [0.2, 0.25) is 0 Å². The van der Waals surface area contributed by atoms with Crippen LogP contribution in [0.1, 0.15) is 43.3 Å². The lowest BCUT2D eigenvalue weighted by Crippen LogP contribution is -2.38. The predicted molar refractivity (Wildman–Crippen MR) is 77.1 cm³/mol. The van der Waals surface area contributed by atoms with Gasteiger partial charge in [0.25, 0.3) is 0 Å². The van der Waals surface area contributed by atoms with Gasteiger partial charge < -0.3 is 14.9 Å². The van der Waals surface area contributed by atoms with E-state index in [2.05, 4.69) is 15.5 Å². The molecule has 0 unspecified atom stereocenters. The summed E-state index contributed by atoms with van der Waals surface area (Å²) in [7, 11) is 0. The number of carboxylic acids is 1. The van der Waals surface area contributed by atoms with E-state index in [1.54, 1.807) is 6.92 Å². The second-order valence-corrected chi connectivity index (χ2v) is 6.17. The van der Waals surface area contributed by atoms with Crippen LogP contribution in [0.3, 0.4) is 0 Å². The Morgan fingerprint density at radius 1 is 1.33 bits per heavy atom. The number of nitrogens with one attached hydrogen (secondary N) is 1. The van der Waals surface area contributed by atoms with Gasteiger partial charge in [0.2, 0.25) is 11.8 Å². The van der Waals surface area contributed by atoms with E-state index in [-0.39, 0.29) is 29.4 Å². The molecule has 8 heteroatoms. The minimum absolute atomic E-state index is 0.0450. The summed E-state index contributed by atoms with van der Waals surface area (Å²) >= 11 is 1.11. The zero-order valence-electron chi connectivity index (χ0n) is 11.9. The van der Waals surface area contributed by atoms with Crippen molar-refractivity contribution in [2.75, 3.05) is 11.5 Å². The van der Waals surface area contributed by atoms with Crippen LogP contribution in [0.15, 0.2) is 4.52 Å². The van der Waals surface area contributed by atoms with Gasteiger partial charge in [-0.15, -0.1) is 11.8 Å². The maximum atomic E-state index is 11.7. The first kappa shape index (κ1) is 15.8. The number of aryl methyl sites for hydroxylation is 1. The van der Waals surface area contributed by atoms with Crippen LogP contribution in [0, 0.1) is 6.92 Å². The Kier molecular flexibility index (Phi) is 5.60. The van der Waals surface area contributed by atoms with E-state index in [9.17, 15) is 9.59 Å². The maximum absolute atomic E-state index is 11.7. The van der Waals surface area contributed by atoms with E-state index >= 15 is 0 Å². The van der Waals surface area contributed by atoms with Crippen molar-refractivity contribution in [3.8, 4) is 0 Å². The molecule has 1 amide bonds. The lowest BCUT2D eigenvalue weighted by atomic mass is 9.86. The van der Waals surface area contributed by atoms with Crippen LogP contribution in [-0.4, -0.2) is 44.7 Å². The van der Waals surface area contributed by atoms with Gasteiger partial charge in [-0.2, -0.15) is 4.98 Å². The summed E-state index contributed by atoms with van der Waals surface area (Å²) in [5.41, 5.74) is 0. The Hall–Kier alpha value is -1.57. The number of rotatable bonds is 6. The predicted octanol–water partition coefficient (Wildman–Crippen LogP) is 1.34. The Morgan fingerprint density at radius 2 is 2.05 bits per heavy atom. The third kappa shape index (κ3) is 5.04. The molecule has 0 aromatic carbocycles. The van der Waals surface area contributed by atoms with Gasteiger partial charge in [0.1, 0.15) is 0 Å². The number of carbonyl (C=O) groups is 2. The zero-order valence-corrected chi connectivity index (χ0v) is 12.7. The second kappa shape index (κ2) is 7.44. The number of hydrogen-bond donors (Lipinski definition) is 2. The highest BCUT2D eigenvalue weighted by molar-refractivity contribution is 8.00. The third-order valence-corrected chi connectivity index (χ3v) is 4.36. The highest BCUT2D eigenvalue weighted by Crippen LogP contribution is 2.31. The fourth-order valence-electron chi connectivity index (χ4n) is 2.46. The number of carboxylic acid groups (broad SMARTS) is 1. The normalized spacial score (nSPS) is 22.0. The smallest absolute Gasteiger partial charge is 0.313 e. The van der Waals surface area contributed by atoms with E-state index in [0.717, 1.165) is 37.4 Å². The summed E-state index contributed by atoms with van der Waals surface area (Å²) in [5.74, 6) is 0.763. The Balaban J connectivity index is 1.69. The summed E-state index contributed by atoms with van der Waals surface area (Å²) in [5, 5.41) is 15.3. The number of amides is 1. The van der Waals surface area contributed by atoms with Gasteiger partial charge in [-0.3, -0.25) is 9.59 Å². The van der Waals surface area contributed by atoms with E-state index in [1.807, 2.05) is 0 Å². The monoisotopic (exact) mass is 313 g/mol. The van der Waals surface area contributed by atoms with Gasteiger partial charge in [0.05, 0.1) is 11.5 Å². The lowest BCUT2D eigenvalue weighted by molar-refractivity contribution is -0.133. The van der Waals surface area contributed by atoms with Crippen molar-refractivity contribution in [1.82, 2.24) is 15.5 Å². The molecule has 7 nitrogen and oxygen atoms in total. The lowest BCUT2D eigenvalue weighted by Gasteiger charge is -2.27. The standard InChI is InChI=1S/C13H19N3O4S/c1-8-14-13(20-16-8)9-2-4-10(5-3-9)15-11(17)6-21-7-12(18)19/h9-10H,2-7H2,1H3,(H,15,17)(H,18,19). The Morgan fingerprint density at radius 3 is 2.62 bits per heavy atom.